The van der Waals surface area contributed by atoms with Crippen molar-refractivity contribution in [1.29, 1.82) is 0 Å². The summed E-state index contributed by atoms with van der Waals surface area (Å²) in [6, 6.07) is 76.2. The van der Waals surface area contributed by atoms with Gasteiger partial charge < -0.3 is 8.83 Å². The van der Waals surface area contributed by atoms with Gasteiger partial charge in [0, 0.05) is 41.7 Å². The van der Waals surface area contributed by atoms with Crippen LogP contribution in [0.15, 0.2) is 215 Å². The van der Waals surface area contributed by atoms with E-state index in [-0.39, 0.29) is 0 Å². The fraction of sp³-hybridized carbons (Fsp3) is 0.0159. The number of hydrogen-bond donors (Lipinski definition) is 0. The van der Waals surface area contributed by atoms with Gasteiger partial charge in [-0.15, -0.1) is 11.3 Å². The highest BCUT2D eigenvalue weighted by Gasteiger charge is 2.52. The minimum atomic E-state index is -0.407. The monoisotopic (exact) mass is 854 g/mol. The van der Waals surface area contributed by atoms with Crippen molar-refractivity contribution in [2.45, 2.75) is 5.41 Å². The summed E-state index contributed by atoms with van der Waals surface area (Å²) in [6.45, 7) is 0. The molecule has 11 aromatic carbocycles. The molecule has 3 aromatic heterocycles. The Balaban J connectivity index is 0.921. The third kappa shape index (κ3) is 4.28. The minimum absolute atomic E-state index is 0.407. The second-order valence-electron chi connectivity index (χ2n) is 18.1. The molecule has 1 spiro atoms. The van der Waals surface area contributed by atoms with E-state index >= 15 is 0 Å². The van der Waals surface area contributed by atoms with Crippen molar-refractivity contribution in [3.8, 4) is 44.5 Å². The number of benzene rings is 11. The van der Waals surface area contributed by atoms with Crippen LogP contribution in [0.3, 0.4) is 0 Å². The predicted octanol–water partition coefficient (Wildman–Crippen LogP) is 17.8. The Morgan fingerprint density at radius 1 is 0.288 bits per heavy atom. The van der Waals surface area contributed by atoms with Gasteiger partial charge in [0.05, 0.1) is 5.41 Å². The summed E-state index contributed by atoms with van der Waals surface area (Å²) in [7, 11) is 0. The fourth-order valence-electron chi connectivity index (χ4n) is 12.6. The molecular formula is C63H34O2S. The Morgan fingerprint density at radius 2 is 0.803 bits per heavy atom. The molecule has 0 saturated heterocycles. The van der Waals surface area contributed by atoms with E-state index in [2.05, 4.69) is 206 Å². The summed E-state index contributed by atoms with van der Waals surface area (Å²) < 4.78 is 16.1. The van der Waals surface area contributed by atoms with E-state index in [9.17, 15) is 0 Å². The first-order valence-corrected chi connectivity index (χ1v) is 23.6. The largest absolute Gasteiger partial charge is 0.456 e. The molecule has 3 heterocycles. The third-order valence-electron chi connectivity index (χ3n) is 15.1. The molecule has 2 aliphatic carbocycles. The maximum Gasteiger partial charge on any atom is 0.136 e. The van der Waals surface area contributed by atoms with Crippen molar-refractivity contribution in [3.05, 3.63) is 229 Å². The van der Waals surface area contributed by atoms with Crippen molar-refractivity contribution in [2.24, 2.45) is 0 Å². The predicted molar refractivity (Wildman–Crippen MR) is 276 cm³/mol. The van der Waals surface area contributed by atoms with E-state index in [1.807, 2.05) is 11.3 Å². The van der Waals surface area contributed by atoms with E-state index < -0.39 is 5.41 Å². The van der Waals surface area contributed by atoms with E-state index in [0.29, 0.717) is 0 Å². The molecule has 0 amide bonds. The zero-order valence-corrected chi connectivity index (χ0v) is 36.2. The number of fused-ring (bicyclic) bond motifs is 23. The Labute approximate surface area is 382 Å². The molecule has 0 atom stereocenters. The van der Waals surface area contributed by atoms with Gasteiger partial charge in [0.1, 0.15) is 22.3 Å². The van der Waals surface area contributed by atoms with Crippen molar-refractivity contribution in [3.63, 3.8) is 0 Å². The van der Waals surface area contributed by atoms with Crippen molar-refractivity contribution >= 4 is 96.9 Å². The van der Waals surface area contributed by atoms with Gasteiger partial charge in [-0.05, 0) is 137 Å². The standard InChI is InChI=1S/C63H34O2S/c1-3-17-41-39(15-1)57(35-26-29-51-46(33-35)61-53(64-51)31-32-56-62(61)45-20-8-12-24-55(45)66-56)40-16-2-4-18-42(40)58(41)36-25-27-44-54(34-36)65-52-30-28-50-59(60(44)52)43-19-7-11-23-49(43)63(50)47-21-9-5-13-37(47)38-14-6-10-22-48(38)63/h1-34H. The third-order valence-corrected chi connectivity index (χ3v) is 16.2. The van der Waals surface area contributed by atoms with Crippen molar-refractivity contribution in [2.75, 3.05) is 0 Å². The summed E-state index contributed by atoms with van der Waals surface area (Å²) >= 11 is 1.85. The molecule has 66 heavy (non-hydrogen) atoms. The van der Waals surface area contributed by atoms with Crippen LogP contribution in [0, 0.1) is 0 Å². The van der Waals surface area contributed by atoms with Gasteiger partial charge in [-0.2, -0.15) is 0 Å². The highest BCUT2D eigenvalue weighted by Crippen LogP contribution is 2.64. The molecule has 3 heteroatoms. The fourth-order valence-corrected chi connectivity index (χ4v) is 13.7. The second kappa shape index (κ2) is 12.5. The lowest BCUT2D eigenvalue weighted by atomic mass is 9.70. The van der Waals surface area contributed by atoms with Gasteiger partial charge in [-0.1, -0.05) is 158 Å². The molecule has 2 nitrogen and oxygen atoms in total. The molecule has 0 fully saturated rings. The van der Waals surface area contributed by atoms with E-state index in [1.165, 1.54) is 114 Å². The highest BCUT2D eigenvalue weighted by atomic mass is 32.1. The molecule has 0 saturated carbocycles. The summed E-state index contributed by atoms with van der Waals surface area (Å²) in [6.07, 6.45) is 0. The van der Waals surface area contributed by atoms with E-state index in [1.54, 1.807) is 0 Å². The van der Waals surface area contributed by atoms with Crippen LogP contribution < -0.4 is 0 Å². The minimum Gasteiger partial charge on any atom is -0.456 e. The number of furan rings is 2. The molecule has 304 valence electrons. The maximum absolute atomic E-state index is 6.97. The molecule has 14 aromatic rings. The van der Waals surface area contributed by atoms with Gasteiger partial charge in [0.25, 0.3) is 0 Å². The topological polar surface area (TPSA) is 26.3 Å². The zero-order chi connectivity index (χ0) is 42.8. The molecule has 0 radical (unpaired) electrons. The van der Waals surface area contributed by atoms with Crippen LogP contribution in [0.4, 0.5) is 0 Å². The maximum atomic E-state index is 6.97. The molecule has 0 bridgehead atoms. The lowest BCUT2D eigenvalue weighted by Crippen LogP contribution is -2.25. The second-order valence-corrected chi connectivity index (χ2v) is 19.2. The zero-order valence-electron chi connectivity index (χ0n) is 35.4. The Bertz CT molecular complexity index is 4380. The Morgan fingerprint density at radius 3 is 1.50 bits per heavy atom. The summed E-state index contributed by atoms with van der Waals surface area (Å²) in [4.78, 5) is 0. The summed E-state index contributed by atoms with van der Waals surface area (Å²) in [5.74, 6) is 0. The van der Waals surface area contributed by atoms with Crippen molar-refractivity contribution in [1.82, 2.24) is 0 Å². The average Bonchev–Trinajstić information content (AvgIpc) is 4.17. The van der Waals surface area contributed by atoms with Gasteiger partial charge >= 0.3 is 0 Å². The molecule has 0 unspecified atom stereocenters. The number of hydrogen-bond acceptors (Lipinski definition) is 3. The van der Waals surface area contributed by atoms with Gasteiger partial charge in [-0.25, -0.2) is 0 Å². The number of thiophene rings is 1. The van der Waals surface area contributed by atoms with Gasteiger partial charge in [0.2, 0.25) is 0 Å². The van der Waals surface area contributed by atoms with Gasteiger partial charge in [-0.3, -0.25) is 0 Å². The van der Waals surface area contributed by atoms with E-state index in [0.717, 1.165) is 38.7 Å². The van der Waals surface area contributed by atoms with Crippen LogP contribution in [-0.2, 0) is 5.41 Å². The first-order valence-electron chi connectivity index (χ1n) is 22.7. The van der Waals surface area contributed by atoms with Crippen LogP contribution in [0.2, 0.25) is 0 Å². The van der Waals surface area contributed by atoms with E-state index in [4.69, 9.17) is 8.83 Å². The first-order chi connectivity index (χ1) is 32.7. The lowest BCUT2D eigenvalue weighted by molar-refractivity contribution is 0.668. The van der Waals surface area contributed by atoms with Gasteiger partial charge in [0.15, 0.2) is 0 Å². The summed E-state index contributed by atoms with van der Waals surface area (Å²) in [5.41, 5.74) is 18.5. The van der Waals surface area contributed by atoms with Crippen LogP contribution in [0.25, 0.3) is 130 Å². The molecule has 0 aliphatic heterocycles. The highest BCUT2D eigenvalue weighted by molar-refractivity contribution is 7.26. The van der Waals surface area contributed by atoms with Crippen LogP contribution in [-0.4, -0.2) is 0 Å². The first kappa shape index (κ1) is 35.2. The summed E-state index contributed by atoms with van der Waals surface area (Å²) in [5, 5.41) is 12.0. The quantitative estimate of drug-likeness (QED) is 0.162. The van der Waals surface area contributed by atoms with Crippen molar-refractivity contribution < 1.29 is 8.83 Å². The normalized spacial score (nSPS) is 13.6. The molecular weight excluding hydrogens is 821 g/mol. The Kier molecular flexibility index (Phi) is 6.66. The molecule has 16 rings (SSSR count). The lowest BCUT2D eigenvalue weighted by Gasteiger charge is -2.30. The molecule has 0 N–H and O–H groups in total. The average molecular weight is 855 g/mol. The van der Waals surface area contributed by atoms with Crippen LogP contribution >= 0.6 is 11.3 Å². The van der Waals surface area contributed by atoms with Crippen LogP contribution in [0.1, 0.15) is 22.3 Å². The smallest absolute Gasteiger partial charge is 0.136 e. The number of rotatable bonds is 2. The van der Waals surface area contributed by atoms with Crippen LogP contribution in [0.5, 0.6) is 0 Å². The SMILES string of the molecule is c1ccc2c(c1)-c1ccccc1C21c2ccccc2-c2c1ccc1oc3cc(-c4c5ccccc5c(-c5ccc6oc7ccc8sc9ccccc9c8c7c6c5)c5ccccc45)ccc3c21. The Hall–Kier alpha value is -8.24. The molecule has 2 aliphatic rings.